The first-order chi connectivity index (χ1) is 14.6. The van der Waals surface area contributed by atoms with Gasteiger partial charge in [0, 0.05) is 48.4 Å². The Bertz CT molecular complexity index is 1020. The molecular weight excluding hydrogens is 374 g/mol. The van der Waals surface area contributed by atoms with Gasteiger partial charge in [0.25, 0.3) is 0 Å². The number of ketones is 1. The van der Waals surface area contributed by atoms with Gasteiger partial charge in [-0.3, -0.25) is 14.7 Å². The topological polar surface area (TPSA) is 65.5 Å². The summed E-state index contributed by atoms with van der Waals surface area (Å²) in [4.78, 5) is 19.3. The first-order valence-corrected chi connectivity index (χ1v) is 10.7. The van der Waals surface area contributed by atoms with Crippen LogP contribution in [0.3, 0.4) is 0 Å². The largest absolute Gasteiger partial charge is 0.392 e. The maximum atomic E-state index is 12.7. The minimum absolute atomic E-state index is 0.0427. The van der Waals surface area contributed by atoms with Gasteiger partial charge in [0.05, 0.1) is 18.7 Å². The van der Waals surface area contributed by atoms with Crippen LogP contribution in [0.1, 0.15) is 29.5 Å². The van der Waals surface area contributed by atoms with Crippen LogP contribution in [0.25, 0.3) is 10.9 Å². The van der Waals surface area contributed by atoms with E-state index in [0.29, 0.717) is 19.0 Å². The summed E-state index contributed by atoms with van der Waals surface area (Å²) in [5, 5.41) is 14.3. The van der Waals surface area contributed by atoms with E-state index in [0.717, 1.165) is 59.2 Å². The molecule has 0 radical (unpaired) electrons. The van der Waals surface area contributed by atoms with E-state index in [1.807, 2.05) is 43.3 Å². The molecule has 0 amide bonds. The highest BCUT2D eigenvalue weighted by molar-refractivity contribution is 5.89. The molecule has 156 valence electrons. The number of hydrogen-bond donors (Lipinski definition) is 2. The normalized spacial score (nSPS) is 15.4. The number of aliphatic hydroxyl groups is 1. The summed E-state index contributed by atoms with van der Waals surface area (Å²) in [6, 6.07) is 16.5. The smallest absolute Gasteiger partial charge is 0.151 e. The third-order valence-corrected chi connectivity index (χ3v) is 5.90. The van der Waals surface area contributed by atoms with Crippen molar-refractivity contribution in [2.75, 3.05) is 25.0 Å². The van der Waals surface area contributed by atoms with Crippen molar-refractivity contribution in [1.82, 2.24) is 9.88 Å². The Morgan fingerprint density at radius 1 is 1.13 bits per heavy atom. The number of rotatable bonds is 7. The van der Waals surface area contributed by atoms with E-state index in [1.54, 1.807) is 6.20 Å². The number of hydrogen-bond acceptors (Lipinski definition) is 5. The summed E-state index contributed by atoms with van der Waals surface area (Å²) < 4.78 is 0. The minimum Gasteiger partial charge on any atom is -0.392 e. The number of carbonyl (C=O) groups is 1. The molecule has 1 saturated heterocycles. The highest BCUT2D eigenvalue weighted by Crippen LogP contribution is 2.22. The third-order valence-electron chi connectivity index (χ3n) is 5.90. The van der Waals surface area contributed by atoms with Crippen LogP contribution in [0.2, 0.25) is 0 Å². The van der Waals surface area contributed by atoms with Crippen molar-refractivity contribution in [3.63, 3.8) is 0 Å². The van der Waals surface area contributed by atoms with E-state index >= 15 is 0 Å². The van der Waals surface area contributed by atoms with Gasteiger partial charge in [0.15, 0.2) is 5.78 Å². The van der Waals surface area contributed by atoms with Crippen molar-refractivity contribution in [1.29, 1.82) is 0 Å². The summed E-state index contributed by atoms with van der Waals surface area (Å²) in [5.74, 6) is 0.249. The Hall–Kier alpha value is -2.76. The van der Waals surface area contributed by atoms with Crippen molar-refractivity contribution in [3.8, 4) is 0 Å². The zero-order valence-electron chi connectivity index (χ0n) is 17.5. The molecule has 0 spiro atoms. The van der Waals surface area contributed by atoms with Gasteiger partial charge in [-0.05, 0) is 43.5 Å². The zero-order valence-corrected chi connectivity index (χ0v) is 17.5. The summed E-state index contributed by atoms with van der Waals surface area (Å²) >= 11 is 0. The first-order valence-electron chi connectivity index (χ1n) is 10.7. The van der Waals surface area contributed by atoms with Crippen LogP contribution in [-0.2, 0) is 17.8 Å². The molecule has 1 aliphatic heterocycles. The molecule has 0 bridgehead atoms. The predicted octanol–water partition coefficient (Wildman–Crippen LogP) is 3.72. The van der Waals surface area contributed by atoms with Gasteiger partial charge < -0.3 is 10.4 Å². The van der Waals surface area contributed by atoms with E-state index in [2.05, 4.69) is 27.3 Å². The number of aryl methyl sites for hydroxylation is 1. The average molecular weight is 404 g/mol. The summed E-state index contributed by atoms with van der Waals surface area (Å²) in [7, 11) is 0. The standard InChI is InChI=1S/C25H29N3O2/c1-18-7-8-24(20(14-18)17-29)27-21-9-12-28(13-10-21)16-22(30)15-19-4-2-6-25-23(19)5-3-11-26-25/h2-8,11,14,21,27,29H,9-10,12-13,15-17H2,1H3. The molecule has 0 unspecified atom stereocenters. The SMILES string of the molecule is Cc1ccc(NC2CCN(CC(=O)Cc3cccc4ncccc34)CC2)c(CO)c1. The van der Waals surface area contributed by atoms with Gasteiger partial charge in [-0.1, -0.05) is 35.9 Å². The molecule has 1 aliphatic rings. The molecule has 0 aliphatic carbocycles. The van der Waals surface area contributed by atoms with E-state index in [4.69, 9.17) is 0 Å². The monoisotopic (exact) mass is 403 g/mol. The molecular formula is C25H29N3O2. The van der Waals surface area contributed by atoms with Crippen molar-refractivity contribution in [2.24, 2.45) is 0 Å². The van der Waals surface area contributed by atoms with Gasteiger partial charge in [-0.2, -0.15) is 0 Å². The van der Waals surface area contributed by atoms with E-state index in [-0.39, 0.29) is 12.4 Å². The number of Topliss-reactive ketones (excluding diaryl/α,β-unsaturated/α-hetero) is 1. The van der Waals surface area contributed by atoms with Gasteiger partial charge in [-0.15, -0.1) is 0 Å². The number of likely N-dealkylation sites (tertiary alicyclic amines) is 1. The third kappa shape index (κ3) is 4.86. The number of piperidine rings is 1. The highest BCUT2D eigenvalue weighted by Gasteiger charge is 2.21. The van der Waals surface area contributed by atoms with E-state index < -0.39 is 0 Å². The van der Waals surface area contributed by atoms with Crippen LogP contribution in [0, 0.1) is 6.92 Å². The summed E-state index contributed by atoms with van der Waals surface area (Å²) in [5.41, 5.74) is 5.10. The molecule has 3 aromatic rings. The molecule has 0 atom stereocenters. The van der Waals surface area contributed by atoms with Crippen LogP contribution in [0.15, 0.2) is 54.7 Å². The Kier molecular flexibility index (Phi) is 6.41. The highest BCUT2D eigenvalue weighted by atomic mass is 16.3. The van der Waals surface area contributed by atoms with Crippen LogP contribution < -0.4 is 5.32 Å². The summed E-state index contributed by atoms with van der Waals surface area (Å²) in [6.45, 7) is 4.38. The molecule has 30 heavy (non-hydrogen) atoms. The number of carbonyl (C=O) groups excluding carboxylic acids is 1. The molecule has 2 aromatic carbocycles. The van der Waals surface area contributed by atoms with Crippen molar-refractivity contribution in [3.05, 3.63) is 71.4 Å². The number of aliphatic hydroxyl groups excluding tert-OH is 1. The second kappa shape index (κ2) is 9.37. The molecule has 4 rings (SSSR count). The van der Waals surface area contributed by atoms with Crippen LogP contribution in [-0.4, -0.2) is 46.4 Å². The fourth-order valence-corrected chi connectivity index (χ4v) is 4.29. The second-order valence-electron chi connectivity index (χ2n) is 8.22. The number of aromatic nitrogens is 1. The Balaban J connectivity index is 1.30. The quantitative estimate of drug-likeness (QED) is 0.629. The first kappa shape index (κ1) is 20.5. The lowest BCUT2D eigenvalue weighted by molar-refractivity contribution is -0.119. The van der Waals surface area contributed by atoms with Crippen molar-refractivity contribution < 1.29 is 9.90 Å². The minimum atomic E-state index is 0.0427. The number of anilines is 1. The van der Waals surface area contributed by atoms with Gasteiger partial charge in [-0.25, -0.2) is 0 Å². The number of nitrogens with zero attached hydrogens (tertiary/aromatic N) is 2. The Morgan fingerprint density at radius 3 is 2.77 bits per heavy atom. The van der Waals surface area contributed by atoms with Gasteiger partial charge >= 0.3 is 0 Å². The zero-order chi connectivity index (χ0) is 20.9. The molecule has 1 aromatic heterocycles. The molecule has 0 saturated carbocycles. The van der Waals surface area contributed by atoms with Gasteiger partial charge in [0.2, 0.25) is 0 Å². The Morgan fingerprint density at radius 2 is 1.97 bits per heavy atom. The molecule has 5 heteroatoms. The van der Waals surface area contributed by atoms with Gasteiger partial charge in [0.1, 0.15) is 0 Å². The fourth-order valence-electron chi connectivity index (χ4n) is 4.29. The van der Waals surface area contributed by atoms with Crippen molar-refractivity contribution >= 4 is 22.4 Å². The van der Waals surface area contributed by atoms with Crippen LogP contribution in [0.4, 0.5) is 5.69 Å². The van der Waals surface area contributed by atoms with E-state index in [1.165, 1.54) is 0 Å². The lowest BCUT2D eigenvalue weighted by atomic mass is 10.0. The lowest BCUT2D eigenvalue weighted by Gasteiger charge is -2.32. The predicted molar refractivity (Wildman–Crippen MR) is 121 cm³/mol. The second-order valence-corrected chi connectivity index (χ2v) is 8.22. The number of fused-ring (bicyclic) bond motifs is 1. The molecule has 5 nitrogen and oxygen atoms in total. The van der Waals surface area contributed by atoms with E-state index in [9.17, 15) is 9.90 Å². The van der Waals surface area contributed by atoms with Crippen LogP contribution in [0.5, 0.6) is 0 Å². The molecule has 2 heterocycles. The maximum absolute atomic E-state index is 12.7. The Labute approximate surface area is 177 Å². The number of pyridine rings is 1. The van der Waals surface area contributed by atoms with Crippen molar-refractivity contribution in [2.45, 2.75) is 38.8 Å². The fraction of sp³-hybridized carbons (Fsp3) is 0.360. The number of nitrogens with one attached hydrogen (secondary N) is 1. The van der Waals surface area contributed by atoms with Crippen LogP contribution >= 0.6 is 0 Å². The summed E-state index contributed by atoms with van der Waals surface area (Å²) in [6.07, 6.45) is 4.21. The number of benzene rings is 2. The maximum Gasteiger partial charge on any atom is 0.151 e. The molecule has 1 fully saturated rings. The average Bonchev–Trinajstić information content (AvgIpc) is 2.76. The molecule has 2 N–H and O–H groups in total. The lowest BCUT2D eigenvalue weighted by Crippen LogP contribution is -2.41.